The first-order valence-corrected chi connectivity index (χ1v) is 10.4. The molecule has 3 nitrogen and oxygen atoms in total. The van der Waals surface area contributed by atoms with Gasteiger partial charge in [-0.05, 0) is 84.5 Å². The van der Waals surface area contributed by atoms with Gasteiger partial charge in [-0.25, -0.2) is 4.79 Å². The van der Waals surface area contributed by atoms with Crippen LogP contribution in [0.4, 0.5) is 0 Å². The number of benzene rings is 1. The Morgan fingerprint density at radius 1 is 1.07 bits per heavy atom. The zero-order valence-electron chi connectivity index (χ0n) is 17.0. The van der Waals surface area contributed by atoms with Gasteiger partial charge >= 0.3 is 5.97 Å². The maximum Gasteiger partial charge on any atom is 0.332 e. The predicted octanol–water partition coefficient (Wildman–Crippen LogP) is 5.74. The van der Waals surface area contributed by atoms with E-state index in [0.29, 0.717) is 16.9 Å². The fourth-order valence-electron chi connectivity index (χ4n) is 7.44. The molecule has 5 atom stereocenters. The van der Waals surface area contributed by atoms with Crippen molar-refractivity contribution in [2.24, 2.45) is 34.0 Å². The standard InChI is InChI=1S/C24H32O3/c1-15-5-10-19-22(2,3)20-14-24(15,19)12-11-23(20,4)18(21(26)27)13-16-6-8-17(25)9-7-16/h6-9,13,15,19-20,25H,5,10-12,14H2,1-4H3,(H,26,27)/b18-13+/t15-,19+,20-,23+,24+/m1/s1. The summed E-state index contributed by atoms with van der Waals surface area (Å²) < 4.78 is 0. The van der Waals surface area contributed by atoms with E-state index in [1.165, 1.54) is 19.3 Å². The van der Waals surface area contributed by atoms with Crippen molar-refractivity contribution in [1.82, 2.24) is 0 Å². The van der Waals surface area contributed by atoms with E-state index in [1.807, 2.05) is 6.08 Å². The third-order valence-corrected chi connectivity index (χ3v) is 8.87. The number of carbonyl (C=O) groups is 1. The third kappa shape index (κ3) is 2.50. The van der Waals surface area contributed by atoms with Crippen LogP contribution in [0.1, 0.15) is 65.4 Å². The summed E-state index contributed by atoms with van der Waals surface area (Å²) in [6.45, 7) is 9.40. The lowest BCUT2D eigenvalue weighted by atomic mass is 9.56. The topological polar surface area (TPSA) is 57.5 Å². The van der Waals surface area contributed by atoms with E-state index in [-0.39, 0.29) is 16.6 Å². The van der Waals surface area contributed by atoms with Crippen molar-refractivity contribution in [3.8, 4) is 5.75 Å². The van der Waals surface area contributed by atoms with Crippen LogP contribution in [0.3, 0.4) is 0 Å². The summed E-state index contributed by atoms with van der Waals surface area (Å²) in [7, 11) is 0. The van der Waals surface area contributed by atoms with Gasteiger partial charge in [-0.2, -0.15) is 0 Å². The second-order valence-corrected chi connectivity index (χ2v) is 10.2. The number of phenols is 1. The van der Waals surface area contributed by atoms with Crippen molar-refractivity contribution >= 4 is 12.0 Å². The first kappa shape index (κ1) is 18.6. The lowest BCUT2D eigenvalue weighted by Crippen LogP contribution is -2.42. The Kier molecular flexibility index (Phi) is 4.04. The Balaban J connectivity index is 1.78. The molecule has 0 heterocycles. The van der Waals surface area contributed by atoms with Crippen molar-refractivity contribution in [3.05, 3.63) is 35.4 Å². The van der Waals surface area contributed by atoms with Gasteiger partial charge in [0.2, 0.25) is 0 Å². The van der Waals surface area contributed by atoms with E-state index in [4.69, 9.17) is 0 Å². The Morgan fingerprint density at radius 3 is 2.37 bits per heavy atom. The molecule has 27 heavy (non-hydrogen) atoms. The molecule has 2 bridgehead atoms. The number of rotatable bonds is 3. The van der Waals surface area contributed by atoms with Gasteiger partial charge in [0.15, 0.2) is 0 Å². The molecule has 0 unspecified atom stereocenters. The lowest BCUT2D eigenvalue weighted by molar-refractivity contribution is -0.135. The second kappa shape index (κ2) is 5.86. The number of aromatic hydroxyl groups is 1. The smallest absolute Gasteiger partial charge is 0.332 e. The molecule has 3 saturated carbocycles. The minimum Gasteiger partial charge on any atom is -0.508 e. The molecule has 4 rings (SSSR count). The largest absolute Gasteiger partial charge is 0.508 e. The number of carboxylic acids is 1. The summed E-state index contributed by atoms with van der Waals surface area (Å²) in [5.74, 6) is 1.27. The molecule has 0 saturated heterocycles. The predicted molar refractivity (Wildman–Crippen MR) is 107 cm³/mol. The molecule has 2 N–H and O–H groups in total. The van der Waals surface area contributed by atoms with E-state index in [9.17, 15) is 15.0 Å². The molecule has 1 aromatic carbocycles. The summed E-state index contributed by atoms with van der Waals surface area (Å²) in [5, 5.41) is 19.7. The normalized spacial score (nSPS) is 40.0. The van der Waals surface area contributed by atoms with Crippen LogP contribution in [0.2, 0.25) is 0 Å². The molecule has 3 fully saturated rings. The van der Waals surface area contributed by atoms with Gasteiger partial charge in [0, 0.05) is 11.0 Å². The number of hydrogen-bond donors (Lipinski definition) is 2. The van der Waals surface area contributed by atoms with Crippen molar-refractivity contribution in [2.45, 2.75) is 59.8 Å². The van der Waals surface area contributed by atoms with Gasteiger partial charge in [0.25, 0.3) is 0 Å². The summed E-state index contributed by atoms with van der Waals surface area (Å²) in [5.41, 5.74) is 1.66. The highest BCUT2D eigenvalue weighted by Crippen LogP contribution is 2.75. The summed E-state index contributed by atoms with van der Waals surface area (Å²) >= 11 is 0. The highest BCUT2D eigenvalue weighted by atomic mass is 16.4. The number of fused-ring (bicyclic) bond motifs is 1. The van der Waals surface area contributed by atoms with Gasteiger partial charge in [-0.15, -0.1) is 0 Å². The minimum atomic E-state index is -0.803. The van der Waals surface area contributed by atoms with E-state index >= 15 is 0 Å². The molecular formula is C24H32O3. The molecule has 3 aliphatic carbocycles. The van der Waals surface area contributed by atoms with Crippen LogP contribution in [-0.4, -0.2) is 16.2 Å². The van der Waals surface area contributed by atoms with Crippen LogP contribution in [0, 0.1) is 34.0 Å². The van der Waals surface area contributed by atoms with Crippen molar-refractivity contribution in [1.29, 1.82) is 0 Å². The molecule has 1 spiro atoms. The van der Waals surface area contributed by atoms with Crippen molar-refractivity contribution in [2.75, 3.05) is 0 Å². The minimum absolute atomic E-state index is 0.166. The lowest BCUT2D eigenvalue weighted by Gasteiger charge is -2.48. The molecule has 0 aliphatic heterocycles. The Morgan fingerprint density at radius 2 is 1.74 bits per heavy atom. The number of aliphatic carboxylic acids is 1. The van der Waals surface area contributed by atoms with Gasteiger partial charge in [-0.1, -0.05) is 39.8 Å². The Hall–Kier alpha value is -1.77. The van der Waals surface area contributed by atoms with E-state index in [2.05, 4.69) is 27.7 Å². The fourth-order valence-corrected chi connectivity index (χ4v) is 7.44. The van der Waals surface area contributed by atoms with E-state index < -0.39 is 5.97 Å². The second-order valence-electron chi connectivity index (χ2n) is 10.2. The zero-order chi connectivity index (χ0) is 19.6. The summed E-state index contributed by atoms with van der Waals surface area (Å²) in [4.78, 5) is 12.4. The molecule has 3 heteroatoms. The van der Waals surface area contributed by atoms with Crippen molar-refractivity contribution in [3.63, 3.8) is 0 Å². The maximum atomic E-state index is 12.4. The monoisotopic (exact) mass is 368 g/mol. The average molecular weight is 369 g/mol. The van der Waals surface area contributed by atoms with Crippen LogP contribution in [-0.2, 0) is 4.79 Å². The molecule has 0 amide bonds. The summed E-state index contributed by atoms with van der Waals surface area (Å²) in [6, 6.07) is 6.83. The van der Waals surface area contributed by atoms with Gasteiger partial charge in [0.1, 0.15) is 5.75 Å². The SMILES string of the molecule is C[C@@H]1CC[C@H]2C(C)(C)[C@H]3C[C@@]12CC[C@@]3(C)/C(=C/c1ccc(O)cc1)C(=O)O. The first-order chi connectivity index (χ1) is 12.6. The van der Waals surface area contributed by atoms with Crippen LogP contribution in [0.25, 0.3) is 6.08 Å². The Bertz CT molecular complexity index is 790. The molecule has 146 valence electrons. The Labute approximate surface area is 162 Å². The van der Waals surface area contributed by atoms with Crippen LogP contribution < -0.4 is 0 Å². The first-order valence-electron chi connectivity index (χ1n) is 10.4. The van der Waals surface area contributed by atoms with Crippen LogP contribution in [0.5, 0.6) is 5.75 Å². The van der Waals surface area contributed by atoms with E-state index in [0.717, 1.165) is 30.2 Å². The highest BCUT2D eigenvalue weighted by Gasteiger charge is 2.68. The molecule has 1 aromatic rings. The quantitative estimate of drug-likeness (QED) is 0.669. The number of hydrogen-bond acceptors (Lipinski definition) is 2. The van der Waals surface area contributed by atoms with Crippen LogP contribution >= 0.6 is 0 Å². The van der Waals surface area contributed by atoms with Crippen LogP contribution in [0.15, 0.2) is 29.8 Å². The fraction of sp³-hybridized carbons (Fsp3) is 0.625. The molecular weight excluding hydrogens is 336 g/mol. The highest BCUT2D eigenvalue weighted by molar-refractivity contribution is 5.94. The van der Waals surface area contributed by atoms with E-state index in [1.54, 1.807) is 24.3 Å². The molecule has 0 aromatic heterocycles. The maximum absolute atomic E-state index is 12.4. The third-order valence-electron chi connectivity index (χ3n) is 8.87. The molecule has 0 radical (unpaired) electrons. The number of phenolic OH excluding ortho intramolecular Hbond substituents is 1. The van der Waals surface area contributed by atoms with Gasteiger partial charge in [0.05, 0.1) is 0 Å². The summed E-state index contributed by atoms with van der Waals surface area (Å²) in [6.07, 6.45) is 7.74. The number of carboxylic acid groups (broad SMARTS) is 1. The van der Waals surface area contributed by atoms with Gasteiger partial charge in [-0.3, -0.25) is 0 Å². The zero-order valence-corrected chi connectivity index (χ0v) is 17.0. The van der Waals surface area contributed by atoms with Gasteiger partial charge < -0.3 is 10.2 Å². The molecule has 3 aliphatic rings. The average Bonchev–Trinajstić information content (AvgIpc) is 3.03. The van der Waals surface area contributed by atoms with Crippen molar-refractivity contribution < 1.29 is 15.0 Å².